The lowest BCUT2D eigenvalue weighted by Gasteiger charge is -2.50. The molecule has 0 bridgehead atoms. The van der Waals surface area contributed by atoms with E-state index in [4.69, 9.17) is 14.2 Å². The Hall–Kier alpha value is -3.83. The molecule has 230 valence electrons. The molecular weight excluding hydrogens is 544 g/mol. The summed E-state index contributed by atoms with van der Waals surface area (Å²) in [6.45, 7) is 15.5. The average Bonchev–Trinajstić information content (AvgIpc) is 3.50. The summed E-state index contributed by atoms with van der Waals surface area (Å²) in [4.78, 5) is 69.5. The molecule has 1 N–H and O–H groups in total. The summed E-state index contributed by atoms with van der Waals surface area (Å²) < 4.78 is 16.1. The fourth-order valence-electron chi connectivity index (χ4n) is 5.69. The molecule has 0 radical (unpaired) electrons. The lowest BCUT2D eigenvalue weighted by molar-refractivity contribution is -0.161. The van der Waals surface area contributed by atoms with Gasteiger partial charge in [0.2, 0.25) is 5.91 Å². The van der Waals surface area contributed by atoms with E-state index in [-0.39, 0.29) is 24.3 Å². The van der Waals surface area contributed by atoms with Gasteiger partial charge in [-0.15, -0.1) is 0 Å². The molecule has 3 unspecified atom stereocenters. The van der Waals surface area contributed by atoms with E-state index in [1.54, 1.807) is 57.4 Å². The van der Waals surface area contributed by atoms with Gasteiger partial charge in [-0.2, -0.15) is 0 Å². The number of hydrogen-bond donors (Lipinski definition) is 1. The van der Waals surface area contributed by atoms with Gasteiger partial charge in [0.25, 0.3) is 5.91 Å². The monoisotopic (exact) mass is 586 g/mol. The minimum atomic E-state index is -0.821. The van der Waals surface area contributed by atoms with E-state index in [1.165, 1.54) is 11.0 Å². The van der Waals surface area contributed by atoms with Crippen LogP contribution < -0.4 is 5.32 Å². The third kappa shape index (κ3) is 6.79. The molecule has 4 aliphatic rings. The van der Waals surface area contributed by atoms with Crippen LogP contribution in [0.3, 0.4) is 0 Å². The van der Waals surface area contributed by atoms with Crippen LogP contribution in [-0.2, 0) is 28.6 Å². The Morgan fingerprint density at radius 2 is 1.69 bits per heavy atom. The number of esters is 1. The standard InChI is InChI=1S/C30H42N4O8/c1-8-15-40-28(39)32-13-12-20(17-32)33-14-11-19(24(33)35)16-18-9-10-21-22(31-27(38)42-30(5,6)7)25(36)34(21)23(18)26(37)41-29(2,3)4/h8,16,20-22H,1,9-15,17H2,2-7H3,(H,31,38). The zero-order chi connectivity index (χ0) is 31.0. The molecule has 0 aromatic carbocycles. The van der Waals surface area contributed by atoms with Crippen LogP contribution in [-0.4, -0.2) is 100 Å². The van der Waals surface area contributed by atoms with Gasteiger partial charge in [0.05, 0.1) is 12.1 Å². The van der Waals surface area contributed by atoms with Crippen molar-refractivity contribution in [2.24, 2.45) is 0 Å². The number of likely N-dealkylation sites (tertiary alicyclic amines) is 2. The predicted molar refractivity (Wildman–Crippen MR) is 152 cm³/mol. The minimum absolute atomic E-state index is 0.101. The maximum Gasteiger partial charge on any atom is 0.410 e. The van der Waals surface area contributed by atoms with Crippen LogP contribution in [0.2, 0.25) is 0 Å². The van der Waals surface area contributed by atoms with Crippen molar-refractivity contribution in [3.63, 3.8) is 0 Å². The Labute approximate surface area is 246 Å². The summed E-state index contributed by atoms with van der Waals surface area (Å²) >= 11 is 0. The van der Waals surface area contributed by atoms with Crippen molar-refractivity contribution < 1.29 is 38.2 Å². The molecule has 12 heteroatoms. The summed E-state index contributed by atoms with van der Waals surface area (Å²) in [6, 6.07) is -1.39. The molecule has 0 aromatic heterocycles. The maximum absolute atomic E-state index is 13.5. The van der Waals surface area contributed by atoms with Gasteiger partial charge in [-0.05, 0) is 78.9 Å². The van der Waals surface area contributed by atoms with Gasteiger partial charge in [0, 0.05) is 25.2 Å². The second-order valence-corrected chi connectivity index (χ2v) is 13.0. The van der Waals surface area contributed by atoms with Gasteiger partial charge < -0.3 is 29.3 Å². The molecule has 0 spiro atoms. The van der Waals surface area contributed by atoms with Crippen molar-refractivity contribution in [1.82, 2.24) is 20.0 Å². The fraction of sp³-hybridized carbons (Fsp3) is 0.633. The number of rotatable bonds is 6. The smallest absolute Gasteiger partial charge is 0.410 e. The molecule has 0 saturated carbocycles. The first-order valence-electron chi connectivity index (χ1n) is 14.4. The van der Waals surface area contributed by atoms with Crippen LogP contribution >= 0.6 is 0 Å². The molecule has 0 aromatic rings. The number of fused-ring (bicyclic) bond motifs is 1. The molecule has 0 aliphatic carbocycles. The topological polar surface area (TPSA) is 135 Å². The summed E-state index contributed by atoms with van der Waals surface area (Å²) in [6.07, 6.45) is 4.11. The fourth-order valence-corrected chi connectivity index (χ4v) is 5.69. The normalized spacial score (nSPS) is 25.3. The summed E-state index contributed by atoms with van der Waals surface area (Å²) in [7, 11) is 0. The number of ether oxygens (including phenoxy) is 3. The van der Waals surface area contributed by atoms with E-state index >= 15 is 0 Å². The summed E-state index contributed by atoms with van der Waals surface area (Å²) in [5, 5.41) is 2.64. The first-order valence-corrected chi connectivity index (χ1v) is 14.4. The molecule has 3 fully saturated rings. The molecule has 4 heterocycles. The van der Waals surface area contributed by atoms with E-state index in [0.717, 1.165) is 0 Å². The third-order valence-corrected chi connectivity index (χ3v) is 7.43. The van der Waals surface area contributed by atoms with Crippen LogP contribution in [0.5, 0.6) is 0 Å². The van der Waals surface area contributed by atoms with E-state index in [0.29, 0.717) is 56.5 Å². The van der Waals surface area contributed by atoms with Crippen LogP contribution in [0.1, 0.15) is 67.2 Å². The van der Waals surface area contributed by atoms with Crippen molar-refractivity contribution in [3.8, 4) is 0 Å². The number of carbonyl (C=O) groups is 5. The minimum Gasteiger partial charge on any atom is -0.455 e. The molecule has 4 amide bonds. The average molecular weight is 587 g/mol. The van der Waals surface area contributed by atoms with Crippen LogP contribution in [0.25, 0.3) is 0 Å². The highest BCUT2D eigenvalue weighted by Gasteiger charge is 2.54. The number of β-lactam (4-membered cyclic amide) rings is 1. The maximum atomic E-state index is 13.5. The summed E-state index contributed by atoms with van der Waals surface area (Å²) in [5.74, 6) is -1.25. The van der Waals surface area contributed by atoms with Crippen molar-refractivity contribution in [2.45, 2.75) is 96.6 Å². The Morgan fingerprint density at radius 1 is 1.00 bits per heavy atom. The number of alkyl carbamates (subject to hydrolysis) is 1. The molecule has 3 saturated heterocycles. The molecule has 12 nitrogen and oxygen atoms in total. The Morgan fingerprint density at radius 3 is 2.33 bits per heavy atom. The Balaban J connectivity index is 1.53. The van der Waals surface area contributed by atoms with Crippen LogP contribution in [0, 0.1) is 0 Å². The quantitative estimate of drug-likeness (QED) is 0.165. The Bertz CT molecular complexity index is 1220. The summed E-state index contributed by atoms with van der Waals surface area (Å²) in [5.41, 5.74) is -0.343. The van der Waals surface area contributed by atoms with Crippen LogP contribution in [0.4, 0.5) is 9.59 Å². The van der Waals surface area contributed by atoms with Gasteiger partial charge in [0.1, 0.15) is 29.5 Å². The van der Waals surface area contributed by atoms with Gasteiger partial charge >= 0.3 is 18.2 Å². The molecule has 42 heavy (non-hydrogen) atoms. The number of allylic oxidation sites excluding steroid dienone is 2. The van der Waals surface area contributed by atoms with Crippen molar-refractivity contribution in [2.75, 3.05) is 26.2 Å². The van der Waals surface area contributed by atoms with Crippen molar-refractivity contribution in [1.29, 1.82) is 0 Å². The van der Waals surface area contributed by atoms with E-state index in [1.807, 2.05) is 0 Å². The zero-order valence-electron chi connectivity index (χ0n) is 25.4. The van der Waals surface area contributed by atoms with Crippen molar-refractivity contribution >= 4 is 30.0 Å². The van der Waals surface area contributed by atoms with Gasteiger partial charge in [-0.3, -0.25) is 14.5 Å². The number of nitrogens with zero attached hydrogens (tertiary/aromatic N) is 3. The van der Waals surface area contributed by atoms with E-state index < -0.39 is 47.3 Å². The van der Waals surface area contributed by atoms with Crippen molar-refractivity contribution in [3.05, 3.63) is 35.6 Å². The second kappa shape index (κ2) is 11.8. The lowest BCUT2D eigenvalue weighted by atomic mass is 9.83. The molecule has 3 atom stereocenters. The third-order valence-electron chi connectivity index (χ3n) is 7.43. The first kappa shape index (κ1) is 31.1. The molecule has 4 rings (SSSR count). The second-order valence-electron chi connectivity index (χ2n) is 13.0. The number of amides is 4. The highest BCUT2D eigenvalue weighted by atomic mass is 16.6. The largest absolute Gasteiger partial charge is 0.455 e. The zero-order valence-corrected chi connectivity index (χ0v) is 25.4. The molecule has 4 aliphatic heterocycles. The number of hydrogen-bond acceptors (Lipinski definition) is 8. The molecular formula is C30H42N4O8. The number of carbonyl (C=O) groups excluding carboxylic acids is 5. The van der Waals surface area contributed by atoms with Gasteiger partial charge in [-0.1, -0.05) is 12.7 Å². The first-order chi connectivity index (χ1) is 19.6. The highest BCUT2D eigenvalue weighted by Crippen LogP contribution is 2.39. The SMILES string of the molecule is C=CCOC(=O)N1CCC(N2CCC(=CC3=C(C(=O)OC(C)(C)C)N4C(=O)C(NC(=O)OC(C)(C)C)C4CC3)C2=O)C1. The van der Waals surface area contributed by atoms with E-state index in [2.05, 4.69) is 11.9 Å². The van der Waals surface area contributed by atoms with Gasteiger partial charge in [-0.25, -0.2) is 14.4 Å². The van der Waals surface area contributed by atoms with Gasteiger partial charge in [0.15, 0.2) is 0 Å². The van der Waals surface area contributed by atoms with E-state index in [9.17, 15) is 24.0 Å². The number of nitrogens with one attached hydrogen (secondary N) is 1. The van der Waals surface area contributed by atoms with Crippen LogP contribution in [0.15, 0.2) is 35.6 Å². The lowest BCUT2D eigenvalue weighted by Crippen LogP contribution is -2.72. The highest BCUT2D eigenvalue weighted by molar-refractivity contribution is 6.03. The Kier molecular flexibility index (Phi) is 8.75. The predicted octanol–water partition coefficient (Wildman–Crippen LogP) is 3.04.